The van der Waals surface area contributed by atoms with Gasteiger partial charge in [-0.15, -0.1) is 0 Å². The number of carbonyl (C=O) groups is 1. The molecule has 0 radical (unpaired) electrons. The summed E-state index contributed by atoms with van der Waals surface area (Å²) in [6, 6.07) is 20.6. The summed E-state index contributed by atoms with van der Waals surface area (Å²) >= 11 is 5.95. The minimum absolute atomic E-state index is 0.145. The van der Waals surface area contributed by atoms with Crippen molar-refractivity contribution in [2.75, 3.05) is 6.61 Å². The molecule has 0 aromatic heterocycles. The zero-order valence-electron chi connectivity index (χ0n) is 17.4. The first-order valence-corrected chi connectivity index (χ1v) is 10.4. The van der Waals surface area contributed by atoms with Crippen LogP contribution in [-0.4, -0.2) is 12.5 Å². The van der Waals surface area contributed by atoms with Crippen LogP contribution in [0.25, 0.3) is 0 Å². The molecule has 0 saturated heterocycles. The molecular weight excluding hydrogens is 398 g/mol. The van der Waals surface area contributed by atoms with Gasteiger partial charge in [-0.25, -0.2) is 0 Å². The van der Waals surface area contributed by atoms with Gasteiger partial charge in [-0.05, 0) is 68.3 Å². The van der Waals surface area contributed by atoms with Crippen LogP contribution >= 0.6 is 11.6 Å². The van der Waals surface area contributed by atoms with Gasteiger partial charge in [0.05, 0.1) is 12.6 Å². The maximum Gasteiger partial charge on any atom is 0.251 e. The predicted molar refractivity (Wildman–Crippen MR) is 120 cm³/mol. The second-order valence-corrected chi connectivity index (χ2v) is 7.49. The molecule has 0 aliphatic heterocycles. The van der Waals surface area contributed by atoms with E-state index in [1.807, 2.05) is 81.4 Å². The van der Waals surface area contributed by atoms with E-state index in [1.54, 1.807) is 6.07 Å². The molecule has 1 atom stereocenters. The Morgan fingerprint density at radius 1 is 1.00 bits per heavy atom. The highest BCUT2D eigenvalue weighted by atomic mass is 35.5. The lowest BCUT2D eigenvalue weighted by Gasteiger charge is -2.17. The van der Waals surface area contributed by atoms with Crippen molar-refractivity contribution in [2.45, 2.75) is 33.4 Å². The average molecular weight is 424 g/mol. The Bertz CT molecular complexity index is 1000. The van der Waals surface area contributed by atoms with E-state index in [1.165, 1.54) is 0 Å². The van der Waals surface area contributed by atoms with E-state index in [9.17, 15) is 4.79 Å². The largest absolute Gasteiger partial charge is 0.493 e. The van der Waals surface area contributed by atoms with Crippen LogP contribution in [0.2, 0.25) is 5.02 Å². The van der Waals surface area contributed by atoms with Crippen LogP contribution in [0.15, 0.2) is 66.7 Å². The van der Waals surface area contributed by atoms with Crippen LogP contribution in [0.4, 0.5) is 0 Å². The van der Waals surface area contributed by atoms with E-state index in [2.05, 4.69) is 5.32 Å². The third kappa shape index (κ3) is 5.55. The van der Waals surface area contributed by atoms with E-state index in [-0.39, 0.29) is 11.9 Å². The van der Waals surface area contributed by atoms with Gasteiger partial charge in [-0.2, -0.15) is 0 Å². The van der Waals surface area contributed by atoms with E-state index in [0.29, 0.717) is 29.5 Å². The molecule has 1 N–H and O–H groups in total. The maximum atomic E-state index is 12.8. The molecule has 156 valence electrons. The molecule has 3 aromatic rings. The highest BCUT2D eigenvalue weighted by molar-refractivity contribution is 6.30. The SMILES string of the molecule is CCOc1ccc(C(=O)N[C@@H](C)c2ccc(Cl)cc2)cc1COc1ccccc1C. The minimum atomic E-state index is -0.155. The number of ether oxygens (including phenoxy) is 2. The molecule has 0 spiro atoms. The number of nitrogens with one attached hydrogen (secondary N) is 1. The fraction of sp³-hybridized carbons (Fsp3) is 0.240. The van der Waals surface area contributed by atoms with Crippen LogP contribution in [0.3, 0.4) is 0 Å². The Morgan fingerprint density at radius 3 is 2.43 bits per heavy atom. The van der Waals surface area contributed by atoms with E-state index < -0.39 is 0 Å². The lowest BCUT2D eigenvalue weighted by Crippen LogP contribution is -2.26. The molecule has 0 saturated carbocycles. The third-order valence-electron chi connectivity index (χ3n) is 4.82. The Kier molecular flexibility index (Phi) is 7.36. The van der Waals surface area contributed by atoms with E-state index >= 15 is 0 Å². The number of aryl methyl sites for hydroxylation is 1. The Balaban J connectivity index is 1.76. The maximum absolute atomic E-state index is 12.8. The van der Waals surface area contributed by atoms with Gasteiger partial charge >= 0.3 is 0 Å². The molecule has 0 heterocycles. The van der Waals surface area contributed by atoms with Crippen molar-refractivity contribution in [1.29, 1.82) is 0 Å². The van der Waals surface area contributed by atoms with Crippen molar-refractivity contribution in [2.24, 2.45) is 0 Å². The first-order chi connectivity index (χ1) is 14.5. The van der Waals surface area contributed by atoms with Gasteiger partial charge in [0, 0.05) is 16.1 Å². The van der Waals surface area contributed by atoms with Crippen LogP contribution in [0.5, 0.6) is 11.5 Å². The van der Waals surface area contributed by atoms with Gasteiger partial charge in [0.2, 0.25) is 0 Å². The molecule has 4 nitrogen and oxygen atoms in total. The van der Waals surface area contributed by atoms with Gasteiger partial charge < -0.3 is 14.8 Å². The Labute approximate surface area is 182 Å². The molecular formula is C25H26ClNO3. The molecule has 3 rings (SSSR count). The molecule has 30 heavy (non-hydrogen) atoms. The summed E-state index contributed by atoms with van der Waals surface area (Å²) in [6.07, 6.45) is 0. The first-order valence-electron chi connectivity index (χ1n) is 9.98. The Hall–Kier alpha value is -2.98. The number of halogens is 1. The second kappa shape index (κ2) is 10.2. The lowest BCUT2D eigenvalue weighted by molar-refractivity contribution is 0.0939. The fourth-order valence-electron chi connectivity index (χ4n) is 3.12. The average Bonchev–Trinajstić information content (AvgIpc) is 2.74. The highest BCUT2D eigenvalue weighted by Gasteiger charge is 2.15. The minimum Gasteiger partial charge on any atom is -0.493 e. The van der Waals surface area contributed by atoms with Crippen molar-refractivity contribution < 1.29 is 14.3 Å². The van der Waals surface area contributed by atoms with Crippen molar-refractivity contribution in [3.63, 3.8) is 0 Å². The summed E-state index contributed by atoms with van der Waals surface area (Å²) in [5.41, 5.74) is 3.43. The van der Waals surface area contributed by atoms with Gasteiger partial charge in [0.15, 0.2) is 0 Å². The van der Waals surface area contributed by atoms with Crippen molar-refractivity contribution >= 4 is 17.5 Å². The fourth-order valence-corrected chi connectivity index (χ4v) is 3.24. The van der Waals surface area contributed by atoms with Gasteiger partial charge in [0.25, 0.3) is 5.91 Å². The number of rotatable bonds is 8. The van der Waals surface area contributed by atoms with Crippen LogP contribution in [0.1, 0.15) is 46.9 Å². The summed E-state index contributed by atoms with van der Waals surface area (Å²) in [6.45, 7) is 6.73. The smallest absolute Gasteiger partial charge is 0.251 e. The van der Waals surface area contributed by atoms with Crippen molar-refractivity contribution in [3.8, 4) is 11.5 Å². The number of hydrogen-bond acceptors (Lipinski definition) is 3. The van der Waals surface area contributed by atoms with Crippen LogP contribution in [0, 0.1) is 6.92 Å². The zero-order chi connectivity index (χ0) is 21.5. The molecule has 1 amide bonds. The quantitative estimate of drug-likeness (QED) is 0.475. The summed E-state index contributed by atoms with van der Waals surface area (Å²) < 4.78 is 11.7. The van der Waals surface area contributed by atoms with E-state index in [0.717, 1.165) is 22.4 Å². The number of hydrogen-bond donors (Lipinski definition) is 1. The van der Waals surface area contributed by atoms with E-state index in [4.69, 9.17) is 21.1 Å². The molecule has 5 heteroatoms. The predicted octanol–water partition coefficient (Wildman–Crippen LogP) is 6.12. The third-order valence-corrected chi connectivity index (χ3v) is 5.07. The van der Waals surface area contributed by atoms with Crippen LogP contribution < -0.4 is 14.8 Å². The molecule has 0 bridgehead atoms. The highest BCUT2D eigenvalue weighted by Crippen LogP contribution is 2.25. The van der Waals surface area contributed by atoms with Crippen molar-refractivity contribution in [1.82, 2.24) is 5.32 Å². The summed E-state index contributed by atoms with van der Waals surface area (Å²) in [7, 11) is 0. The first kappa shape index (κ1) is 21.7. The Morgan fingerprint density at radius 2 is 1.73 bits per heavy atom. The lowest BCUT2D eigenvalue weighted by atomic mass is 10.1. The molecule has 3 aromatic carbocycles. The summed E-state index contributed by atoms with van der Waals surface area (Å²) in [5, 5.41) is 3.70. The zero-order valence-corrected chi connectivity index (χ0v) is 18.2. The number of amides is 1. The van der Waals surface area contributed by atoms with Gasteiger partial charge in [-0.1, -0.05) is 41.9 Å². The number of para-hydroxylation sites is 1. The number of carbonyl (C=O) groups excluding carboxylic acids is 1. The molecule has 0 unspecified atom stereocenters. The van der Waals surface area contributed by atoms with Crippen LogP contribution in [-0.2, 0) is 6.61 Å². The molecule has 0 fully saturated rings. The number of benzene rings is 3. The standard InChI is InChI=1S/C25H26ClNO3/c1-4-29-24-14-11-20(15-21(24)16-30-23-8-6-5-7-17(23)2)25(28)27-18(3)19-9-12-22(26)13-10-19/h5-15,18H,4,16H2,1-3H3,(H,27,28)/t18-/m0/s1. The van der Waals surface area contributed by atoms with Crippen molar-refractivity contribution in [3.05, 3.63) is 94.0 Å². The topological polar surface area (TPSA) is 47.6 Å². The molecule has 0 aliphatic rings. The van der Waals surface area contributed by atoms with Gasteiger partial charge in [0.1, 0.15) is 18.1 Å². The monoisotopic (exact) mass is 423 g/mol. The summed E-state index contributed by atoms with van der Waals surface area (Å²) in [4.78, 5) is 12.8. The van der Waals surface area contributed by atoms with Gasteiger partial charge in [-0.3, -0.25) is 4.79 Å². The molecule has 0 aliphatic carbocycles. The normalized spacial score (nSPS) is 11.6. The second-order valence-electron chi connectivity index (χ2n) is 7.06. The summed E-state index contributed by atoms with van der Waals surface area (Å²) in [5.74, 6) is 1.37.